The molecule has 0 bridgehead atoms. The number of phosphoric ester groups is 1. The Morgan fingerprint density at radius 2 is 0.941 bits per heavy atom. The molecule has 0 spiro atoms. The molecule has 1 amide bonds. The first kappa shape index (κ1) is 50.5. The summed E-state index contributed by atoms with van der Waals surface area (Å²) >= 11 is 0. The maximum atomic E-state index is 12.8. The number of likely N-dealkylation sites (N-methyl/N-ethyl adjacent to an activating group) is 1. The fourth-order valence-corrected chi connectivity index (χ4v) is 7.31. The Morgan fingerprint density at radius 3 is 1.31 bits per heavy atom. The molecule has 0 aromatic heterocycles. The normalized spacial score (nSPS) is 14.4. The van der Waals surface area contributed by atoms with Gasteiger partial charge in [-0.05, 0) is 12.8 Å². The minimum Gasteiger partial charge on any atom is -0.391 e. The Balaban J connectivity index is 4.19. The number of nitrogens with zero attached hydrogens (tertiary/aromatic N) is 1. The van der Waals surface area contributed by atoms with Gasteiger partial charge in [0.05, 0.1) is 39.9 Å². The summed E-state index contributed by atoms with van der Waals surface area (Å²) in [6, 6.07) is -0.751. The van der Waals surface area contributed by atoms with Gasteiger partial charge in [-0.2, -0.15) is 0 Å². The van der Waals surface area contributed by atoms with Gasteiger partial charge in [-0.25, -0.2) is 4.57 Å². The van der Waals surface area contributed by atoms with E-state index in [2.05, 4.69) is 19.2 Å². The van der Waals surface area contributed by atoms with E-state index in [4.69, 9.17) is 9.05 Å². The summed E-state index contributed by atoms with van der Waals surface area (Å²) in [5.41, 5.74) is 0. The SMILES string of the molecule is CCCCCCCCCCCCCCCCCCCCCCC(=O)NC(COP(=O)(O)OCC[N+](C)(C)C)C(O)CCCCCCCCCCC. The molecule has 0 aliphatic rings. The molecule has 3 N–H and O–H groups in total. The van der Waals surface area contributed by atoms with Gasteiger partial charge in [0.15, 0.2) is 0 Å². The molecule has 0 saturated carbocycles. The molecule has 0 aromatic rings. The van der Waals surface area contributed by atoms with Crippen molar-refractivity contribution in [2.75, 3.05) is 40.9 Å². The number of carbonyl (C=O) groups is 1. The Bertz CT molecular complexity index is 809. The quantitative estimate of drug-likeness (QED) is 0.0327. The van der Waals surface area contributed by atoms with Gasteiger partial charge in [0.1, 0.15) is 13.2 Å². The number of carbonyl (C=O) groups excluding carboxylic acids is 1. The summed E-state index contributed by atoms with van der Waals surface area (Å²) in [5, 5.41) is 13.9. The molecule has 0 aromatic carbocycles. The molecule has 0 fully saturated rings. The predicted octanol–water partition coefficient (Wildman–Crippen LogP) is 11.8. The van der Waals surface area contributed by atoms with Gasteiger partial charge in [0.25, 0.3) is 0 Å². The van der Waals surface area contributed by atoms with Gasteiger partial charge in [-0.1, -0.05) is 194 Å². The lowest BCUT2D eigenvalue weighted by atomic mass is 10.0. The third-order valence-corrected chi connectivity index (χ3v) is 11.1. The van der Waals surface area contributed by atoms with Crippen LogP contribution in [0.1, 0.15) is 213 Å². The van der Waals surface area contributed by atoms with Crippen molar-refractivity contribution < 1.29 is 32.9 Å². The Labute approximate surface area is 317 Å². The van der Waals surface area contributed by atoms with E-state index >= 15 is 0 Å². The molecule has 306 valence electrons. The Hall–Kier alpha value is -0.500. The van der Waals surface area contributed by atoms with Crippen molar-refractivity contribution in [2.24, 2.45) is 0 Å². The summed E-state index contributed by atoms with van der Waals surface area (Å²) in [6.45, 7) is 4.88. The highest BCUT2D eigenvalue weighted by atomic mass is 31.2. The standard InChI is InChI=1S/C42H87N2O6P/c1-6-8-10-12-14-16-17-18-19-20-21-22-23-24-25-26-28-30-32-34-36-42(46)43-40(39-50-51(47,48)49-38-37-44(3,4)5)41(45)35-33-31-29-27-15-13-11-9-7-2/h40-41,45H,6-39H2,1-5H3,(H-,43,46,47,48)/p+1. The van der Waals surface area contributed by atoms with E-state index in [1.807, 2.05) is 21.1 Å². The summed E-state index contributed by atoms with van der Waals surface area (Å²) < 4.78 is 23.5. The second-order valence-corrected chi connectivity index (χ2v) is 17.9. The van der Waals surface area contributed by atoms with Crippen LogP contribution in [0.15, 0.2) is 0 Å². The van der Waals surface area contributed by atoms with E-state index in [0.717, 1.165) is 38.5 Å². The second kappa shape index (κ2) is 35.2. The number of nitrogens with one attached hydrogen (secondary N) is 1. The minimum atomic E-state index is -4.30. The van der Waals surface area contributed by atoms with Crippen molar-refractivity contribution in [1.82, 2.24) is 5.32 Å². The third kappa shape index (κ3) is 37.6. The smallest absolute Gasteiger partial charge is 0.391 e. The lowest BCUT2D eigenvalue weighted by molar-refractivity contribution is -0.870. The molecule has 3 atom stereocenters. The number of rotatable bonds is 40. The molecule has 0 saturated heterocycles. The van der Waals surface area contributed by atoms with Crippen LogP contribution in [0, 0.1) is 0 Å². The molecule has 8 nitrogen and oxygen atoms in total. The number of hydrogen-bond donors (Lipinski definition) is 3. The fraction of sp³-hybridized carbons (Fsp3) is 0.976. The molecule has 9 heteroatoms. The van der Waals surface area contributed by atoms with Crippen LogP contribution >= 0.6 is 7.82 Å². The van der Waals surface area contributed by atoms with Crippen LogP contribution in [0.3, 0.4) is 0 Å². The zero-order valence-electron chi connectivity index (χ0n) is 34.6. The highest BCUT2D eigenvalue weighted by Gasteiger charge is 2.28. The summed E-state index contributed by atoms with van der Waals surface area (Å²) in [7, 11) is 1.62. The van der Waals surface area contributed by atoms with Gasteiger partial charge in [0.2, 0.25) is 5.91 Å². The minimum absolute atomic E-state index is 0.0781. The van der Waals surface area contributed by atoms with Gasteiger partial charge >= 0.3 is 7.82 Å². The van der Waals surface area contributed by atoms with Crippen LogP contribution in [-0.4, -0.2) is 73.4 Å². The molecule has 0 heterocycles. The van der Waals surface area contributed by atoms with E-state index in [0.29, 0.717) is 23.9 Å². The first-order valence-electron chi connectivity index (χ1n) is 21.9. The summed E-state index contributed by atoms with van der Waals surface area (Å²) in [5.74, 6) is -0.143. The fourth-order valence-electron chi connectivity index (χ4n) is 6.58. The van der Waals surface area contributed by atoms with Crippen LogP contribution in [0.25, 0.3) is 0 Å². The Morgan fingerprint density at radius 1 is 0.588 bits per heavy atom. The topological polar surface area (TPSA) is 105 Å². The van der Waals surface area contributed by atoms with Gasteiger partial charge in [-0.15, -0.1) is 0 Å². The van der Waals surface area contributed by atoms with Gasteiger partial charge < -0.3 is 19.8 Å². The monoisotopic (exact) mass is 748 g/mol. The molecular weight excluding hydrogens is 659 g/mol. The lowest BCUT2D eigenvalue weighted by Crippen LogP contribution is -2.46. The molecule has 0 aliphatic heterocycles. The first-order chi connectivity index (χ1) is 24.5. The van der Waals surface area contributed by atoms with Crippen LogP contribution in [0.4, 0.5) is 0 Å². The molecule has 0 aliphatic carbocycles. The number of hydrogen-bond acceptors (Lipinski definition) is 5. The van der Waals surface area contributed by atoms with Crippen LogP contribution in [0.5, 0.6) is 0 Å². The second-order valence-electron chi connectivity index (χ2n) is 16.4. The number of aliphatic hydroxyl groups is 1. The largest absolute Gasteiger partial charge is 0.472 e. The van der Waals surface area contributed by atoms with Crippen LogP contribution < -0.4 is 5.32 Å². The summed E-state index contributed by atoms with van der Waals surface area (Å²) in [6.07, 6.45) is 37.1. The van der Waals surface area contributed by atoms with Crippen LogP contribution in [0.2, 0.25) is 0 Å². The van der Waals surface area contributed by atoms with Gasteiger partial charge in [-0.3, -0.25) is 13.8 Å². The van der Waals surface area contributed by atoms with E-state index in [1.54, 1.807) is 0 Å². The highest BCUT2D eigenvalue weighted by molar-refractivity contribution is 7.47. The van der Waals surface area contributed by atoms with Crippen LogP contribution in [-0.2, 0) is 18.4 Å². The molecule has 0 radical (unpaired) electrons. The number of phosphoric acid groups is 1. The Kier molecular flexibility index (Phi) is 34.9. The van der Waals surface area contributed by atoms with Gasteiger partial charge in [0, 0.05) is 6.42 Å². The third-order valence-electron chi connectivity index (χ3n) is 10.1. The first-order valence-corrected chi connectivity index (χ1v) is 23.4. The predicted molar refractivity (Wildman–Crippen MR) is 217 cm³/mol. The maximum Gasteiger partial charge on any atom is 0.472 e. The number of aliphatic hydroxyl groups excluding tert-OH is 1. The van der Waals surface area contributed by atoms with Crippen molar-refractivity contribution in [3.63, 3.8) is 0 Å². The average molecular weight is 748 g/mol. The highest BCUT2D eigenvalue weighted by Crippen LogP contribution is 2.43. The van der Waals surface area contributed by atoms with Crippen molar-refractivity contribution in [3.05, 3.63) is 0 Å². The van der Waals surface area contributed by atoms with E-state index < -0.39 is 20.0 Å². The lowest BCUT2D eigenvalue weighted by Gasteiger charge is -2.26. The maximum absolute atomic E-state index is 12.8. The number of amides is 1. The molecule has 3 unspecified atom stereocenters. The zero-order chi connectivity index (χ0) is 37.9. The molecule has 51 heavy (non-hydrogen) atoms. The molecular formula is C42H88N2O6P+. The van der Waals surface area contributed by atoms with E-state index in [9.17, 15) is 19.4 Å². The summed E-state index contributed by atoms with van der Waals surface area (Å²) in [4.78, 5) is 23.1. The number of unbranched alkanes of at least 4 members (excludes halogenated alkanes) is 27. The van der Waals surface area contributed by atoms with Crippen molar-refractivity contribution in [2.45, 2.75) is 225 Å². The van der Waals surface area contributed by atoms with Crippen molar-refractivity contribution >= 4 is 13.7 Å². The van der Waals surface area contributed by atoms with E-state index in [1.165, 1.54) is 148 Å². The van der Waals surface area contributed by atoms with Crippen molar-refractivity contribution in [3.8, 4) is 0 Å². The number of quaternary nitrogens is 1. The average Bonchev–Trinajstić information content (AvgIpc) is 3.07. The van der Waals surface area contributed by atoms with E-state index in [-0.39, 0.29) is 19.1 Å². The molecule has 0 rings (SSSR count). The zero-order valence-corrected chi connectivity index (χ0v) is 35.5. The van der Waals surface area contributed by atoms with Crippen molar-refractivity contribution in [1.29, 1.82) is 0 Å².